The molecule has 60 valence electrons. The molecule has 0 rings (SSSR count). The standard InChI is InChI=1S/C6H12BrO2P/c1-3-6(7,4-2)5(8)9-10/h3-4,10H2,1-2H3. The molecule has 0 aromatic heterocycles. The summed E-state index contributed by atoms with van der Waals surface area (Å²) in [4.78, 5) is 11.0. The molecule has 0 fully saturated rings. The van der Waals surface area contributed by atoms with Gasteiger partial charge in [0.1, 0.15) is 4.32 Å². The van der Waals surface area contributed by atoms with Crippen LogP contribution in [0.2, 0.25) is 0 Å². The molecule has 4 heteroatoms. The van der Waals surface area contributed by atoms with Crippen molar-refractivity contribution in [1.82, 2.24) is 0 Å². The van der Waals surface area contributed by atoms with Gasteiger partial charge in [0, 0.05) is 0 Å². The van der Waals surface area contributed by atoms with Crippen molar-refractivity contribution in [2.75, 3.05) is 0 Å². The minimum absolute atomic E-state index is 0.220. The van der Waals surface area contributed by atoms with Crippen molar-refractivity contribution >= 4 is 31.4 Å². The van der Waals surface area contributed by atoms with Gasteiger partial charge < -0.3 is 4.52 Å². The fraction of sp³-hybridized carbons (Fsp3) is 0.833. The zero-order chi connectivity index (χ0) is 8.20. The molecular formula is C6H12BrO2P. The highest BCUT2D eigenvalue weighted by Crippen LogP contribution is 2.28. The lowest BCUT2D eigenvalue weighted by Gasteiger charge is -2.19. The van der Waals surface area contributed by atoms with Gasteiger partial charge in [0.05, 0.1) is 9.47 Å². The summed E-state index contributed by atoms with van der Waals surface area (Å²) in [6, 6.07) is 0. The lowest BCUT2D eigenvalue weighted by Crippen LogP contribution is -2.30. The van der Waals surface area contributed by atoms with E-state index in [1.165, 1.54) is 0 Å². The van der Waals surface area contributed by atoms with Crippen molar-refractivity contribution in [3.8, 4) is 0 Å². The number of hydrogen-bond donors (Lipinski definition) is 0. The first-order chi connectivity index (χ1) is 4.60. The number of carbonyl (C=O) groups is 1. The fourth-order valence-electron chi connectivity index (χ4n) is 0.644. The Morgan fingerprint density at radius 2 is 2.00 bits per heavy atom. The molecule has 0 bridgehead atoms. The van der Waals surface area contributed by atoms with Crippen molar-refractivity contribution in [2.24, 2.45) is 0 Å². The van der Waals surface area contributed by atoms with E-state index >= 15 is 0 Å². The third kappa shape index (κ3) is 2.21. The van der Waals surface area contributed by atoms with Crippen molar-refractivity contribution in [2.45, 2.75) is 31.0 Å². The molecule has 0 N–H and O–H groups in total. The molecule has 0 aliphatic carbocycles. The van der Waals surface area contributed by atoms with E-state index in [2.05, 4.69) is 20.5 Å². The topological polar surface area (TPSA) is 26.3 Å². The molecule has 0 aromatic carbocycles. The molecule has 0 amide bonds. The highest BCUT2D eigenvalue weighted by Gasteiger charge is 2.32. The van der Waals surface area contributed by atoms with E-state index in [-0.39, 0.29) is 5.97 Å². The van der Waals surface area contributed by atoms with Crippen LogP contribution in [-0.4, -0.2) is 10.3 Å². The summed E-state index contributed by atoms with van der Waals surface area (Å²) in [5, 5.41) is 0. The lowest BCUT2D eigenvalue weighted by atomic mass is 10.0. The molecule has 0 heterocycles. The first kappa shape index (κ1) is 10.4. The summed E-state index contributed by atoms with van der Waals surface area (Å²) >= 11 is 3.32. The van der Waals surface area contributed by atoms with Crippen LogP contribution in [0, 0.1) is 0 Å². The molecule has 1 unspecified atom stereocenters. The maximum absolute atomic E-state index is 11.0. The van der Waals surface area contributed by atoms with Gasteiger partial charge in [-0.05, 0) is 12.8 Å². The second-order valence-corrected chi connectivity index (χ2v) is 3.83. The maximum Gasteiger partial charge on any atom is 0.324 e. The van der Waals surface area contributed by atoms with Gasteiger partial charge >= 0.3 is 5.97 Å². The minimum Gasteiger partial charge on any atom is -0.450 e. The highest BCUT2D eigenvalue weighted by atomic mass is 79.9. The number of halogens is 1. The molecule has 0 aromatic rings. The van der Waals surface area contributed by atoms with Crippen LogP contribution in [0.15, 0.2) is 0 Å². The Morgan fingerprint density at radius 1 is 1.60 bits per heavy atom. The van der Waals surface area contributed by atoms with Gasteiger partial charge in [-0.1, -0.05) is 29.8 Å². The minimum atomic E-state index is -0.477. The average molecular weight is 227 g/mol. The summed E-state index contributed by atoms with van der Waals surface area (Å²) in [5.74, 6) is -0.220. The van der Waals surface area contributed by atoms with Gasteiger partial charge in [-0.2, -0.15) is 0 Å². The quantitative estimate of drug-likeness (QED) is 0.546. The van der Waals surface area contributed by atoms with E-state index in [1.54, 1.807) is 0 Å². The summed E-state index contributed by atoms with van der Waals surface area (Å²) in [6.07, 6.45) is 1.49. The van der Waals surface area contributed by atoms with Gasteiger partial charge in [0.2, 0.25) is 0 Å². The monoisotopic (exact) mass is 226 g/mol. The molecule has 1 atom stereocenters. The van der Waals surface area contributed by atoms with Crippen LogP contribution in [0.25, 0.3) is 0 Å². The summed E-state index contributed by atoms with van der Waals surface area (Å²) in [6.45, 7) is 3.89. The second-order valence-electron chi connectivity index (χ2n) is 2.08. The van der Waals surface area contributed by atoms with Crippen LogP contribution in [0.5, 0.6) is 0 Å². The zero-order valence-corrected chi connectivity index (χ0v) is 8.93. The number of rotatable bonds is 3. The first-order valence-corrected chi connectivity index (χ1v) is 4.47. The third-order valence-corrected chi connectivity index (χ3v) is 3.25. The average Bonchev–Trinajstić information content (AvgIpc) is 2.01. The fourth-order valence-corrected chi connectivity index (χ4v) is 1.14. The van der Waals surface area contributed by atoms with E-state index < -0.39 is 4.32 Å². The predicted octanol–water partition coefficient (Wildman–Crippen LogP) is 2.27. The predicted molar refractivity (Wildman–Crippen MR) is 48.0 cm³/mol. The van der Waals surface area contributed by atoms with Crippen molar-refractivity contribution < 1.29 is 9.32 Å². The van der Waals surface area contributed by atoms with E-state index in [4.69, 9.17) is 0 Å². The maximum atomic E-state index is 11.0. The van der Waals surface area contributed by atoms with Crippen LogP contribution in [0.4, 0.5) is 0 Å². The second kappa shape index (κ2) is 4.30. The highest BCUT2D eigenvalue weighted by molar-refractivity contribution is 9.10. The Balaban J connectivity index is 4.17. The molecule has 0 saturated heterocycles. The largest absolute Gasteiger partial charge is 0.450 e. The van der Waals surface area contributed by atoms with Crippen molar-refractivity contribution in [3.05, 3.63) is 0 Å². The van der Waals surface area contributed by atoms with E-state index in [9.17, 15) is 4.79 Å². The van der Waals surface area contributed by atoms with Crippen LogP contribution >= 0.6 is 25.4 Å². The van der Waals surface area contributed by atoms with E-state index in [1.807, 2.05) is 23.3 Å². The normalized spacial score (nSPS) is 11.2. The third-order valence-electron chi connectivity index (χ3n) is 1.59. The molecule has 2 nitrogen and oxygen atoms in total. The summed E-state index contributed by atoms with van der Waals surface area (Å²) in [5.41, 5.74) is 0. The smallest absolute Gasteiger partial charge is 0.324 e. The first-order valence-electron chi connectivity index (χ1n) is 3.20. The Morgan fingerprint density at radius 3 is 2.10 bits per heavy atom. The van der Waals surface area contributed by atoms with Crippen molar-refractivity contribution in [3.63, 3.8) is 0 Å². The van der Waals surface area contributed by atoms with Crippen LogP contribution < -0.4 is 0 Å². The Hall–Kier alpha value is 0.380. The SMILES string of the molecule is CCC(Br)(CC)C(=O)OP. The summed E-state index contributed by atoms with van der Waals surface area (Å²) in [7, 11) is 1.96. The van der Waals surface area contributed by atoms with Gasteiger partial charge in [-0.25, -0.2) is 0 Å². The Labute approximate surface area is 72.1 Å². The van der Waals surface area contributed by atoms with E-state index in [0.29, 0.717) is 0 Å². The van der Waals surface area contributed by atoms with Gasteiger partial charge in [-0.15, -0.1) is 0 Å². The molecule has 0 radical (unpaired) electrons. The lowest BCUT2D eigenvalue weighted by molar-refractivity contribution is -0.135. The Kier molecular flexibility index (Phi) is 4.46. The molecule has 0 aliphatic rings. The number of alkyl halides is 1. The van der Waals surface area contributed by atoms with Crippen molar-refractivity contribution in [1.29, 1.82) is 0 Å². The van der Waals surface area contributed by atoms with Gasteiger partial charge in [0.25, 0.3) is 0 Å². The number of carbonyl (C=O) groups excluding carboxylic acids is 1. The number of hydrogen-bond acceptors (Lipinski definition) is 2. The Bertz CT molecular complexity index is 123. The zero-order valence-electron chi connectivity index (χ0n) is 6.19. The molecule has 0 aliphatic heterocycles. The molecule has 10 heavy (non-hydrogen) atoms. The van der Waals surface area contributed by atoms with E-state index in [0.717, 1.165) is 12.8 Å². The summed E-state index contributed by atoms with van der Waals surface area (Å²) < 4.78 is 4.05. The van der Waals surface area contributed by atoms with Crippen LogP contribution in [-0.2, 0) is 9.32 Å². The van der Waals surface area contributed by atoms with Crippen LogP contribution in [0.3, 0.4) is 0 Å². The van der Waals surface area contributed by atoms with Gasteiger partial charge in [-0.3, -0.25) is 4.79 Å². The molecular weight excluding hydrogens is 215 g/mol. The molecule has 0 spiro atoms. The molecule has 0 saturated carbocycles. The van der Waals surface area contributed by atoms with Gasteiger partial charge in [0.15, 0.2) is 0 Å². The van der Waals surface area contributed by atoms with Crippen LogP contribution in [0.1, 0.15) is 26.7 Å².